The van der Waals surface area contributed by atoms with Gasteiger partial charge >= 0.3 is 0 Å². The highest BCUT2D eigenvalue weighted by molar-refractivity contribution is 7.99. The number of ether oxygens (including phenoxy) is 1. The van der Waals surface area contributed by atoms with Crippen LogP contribution in [0.15, 0.2) is 71.9 Å². The van der Waals surface area contributed by atoms with Crippen LogP contribution in [0.3, 0.4) is 0 Å². The van der Waals surface area contributed by atoms with Crippen molar-refractivity contribution in [3.63, 3.8) is 0 Å². The molecule has 152 valence electrons. The third-order valence-electron chi connectivity index (χ3n) is 4.70. The van der Waals surface area contributed by atoms with Crippen molar-refractivity contribution in [1.82, 2.24) is 14.8 Å². The number of thioether (sulfide) groups is 1. The van der Waals surface area contributed by atoms with Gasteiger partial charge in [0.25, 0.3) is 0 Å². The third kappa shape index (κ3) is 4.63. The summed E-state index contributed by atoms with van der Waals surface area (Å²) in [4.78, 5) is 12.2. The molecule has 0 saturated carbocycles. The summed E-state index contributed by atoms with van der Waals surface area (Å²) in [6.45, 7) is 2.31. The Bertz CT molecular complexity index is 1170. The maximum Gasteiger partial charge on any atom is 0.234 e. The average Bonchev–Trinajstić information content (AvgIpc) is 3.12. The van der Waals surface area contributed by atoms with Gasteiger partial charge in [-0.3, -0.25) is 4.79 Å². The van der Waals surface area contributed by atoms with Crippen molar-refractivity contribution in [2.24, 2.45) is 7.05 Å². The molecule has 3 aromatic carbocycles. The number of nitrogens with zero attached hydrogens (tertiary/aromatic N) is 3. The Morgan fingerprint density at radius 1 is 1.03 bits per heavy atom. The summed E-state index contributed by atoms with van der Waals surface area (Å²) in [5.74, 6) is 1.68. The van der Waals surface area contributed by atoms with Gasteiger partial charge in [-0.25, -0.2) is 0 Å². The first-order chi connectivity index (χ1) is 14.6. The van der Waals surface area contributed by atoms with Crippen molar-refractivity contribution in [2.75, 3.05) is 11.1 Å². The minimum Gasteiger partial charge on any atom is -0.485 e. The molecule has 0 fully saturated rings. The van der Waals surface area contributed by atoms with Crippen LogP contribution in [0.2, 0.25) is 0 Å². The predicted octanol–water partition coefficient (Wildman–Crippen LogP) is 4.59. The highest BCUT2D eigenvalue weighted by Gasteiger charge is 2.13. The molecule has 0 spiro atoms. The first-order valence-corrected chi connectivity index (χ1v) is 10.6. The topological polar surface area (TPSA) is 69.0 Å². The second kappa shape index (κ2) is 9.00. The summed E-state index contributed by atoms with van der Waals surface area (Å²) in [7, 11) is 1.88. The first kappa shape index (κ1) is 20.0. The number of amides is 1. The number of rotatable bonds is 7. The second-order valence-corrected chi connectivity index (χ2v) is 7.87. The summed E-state index contributed by atoms with van der Waals surface area (Å²) in [5, 5.41) is 14.2. The van der Waals surface area contributed by atoms with Crippen molar-refractivity contribution in [3.05, 3.63) is 78.1 Å². The first-order valence-electron chi connectivity index (χ1n) is 9.58. The number of aryl methyl sites for hydroxylation is 1. The van der Waals surface area contributed by atoms with Gasteiger partial charge in [-0.2, -0.15) is 0 Å². The molecule has 0 aliphatic rings. The van der Waals surface area contributed by atoms with Gasteiger partial charge < -0.3 is 14.6 Å². The van der Waals surface area contributed by atoms with Gasteiger partial charge in [-0.05, 0) is 30.5 Å². The van der Waals surface area contributed by atoms with E-state index in [1.54, 1.807) is 0 Å². The Hall–Kier alpha value is -3.32. The molecule has 0 bridgehead atoms. The second-order valence-electron chi connectivity index (χ2n) is 6.93. The number of hydrogen-bond donors (Lipinski definition) is 1. The molecule has 1 aromatic heterocycles. The number of aromatic nitrogens is 3. The van der Waals surface area contributed by atoms with E-state index in [9.17, 15) is 4.79 Å². The zero-order valence-corrected chi connectivity index (χ0v) is 17.6. The van der Waals surface area contributed by atoms with E-state index in [0.717, 1.165) is 27.8 Å². The largest absolute Gasteiger partial charge is 0.485 e. The van der Waals surface area contributed by atoms with Crippen LogP contribution in [0, 0.1) is 6.92 Å². The van der Waals surface area contributed by atoms with Crippen molar-refractivity contribution in [2.45, 2.75) is 18.7 Å². The molecule has 4 rings (SSSR count). The lowest BCUT2D eigenvalue weighted by molar-refractivity contribution is -0.113. The Labute approximate surface area is 179 Å². The van der Waals surface area contributed by atoms with E-state index in [1.165, 1.54) is 11.8 Å². The minimum absolute atomic E-state index is 0.0830. The molecular formula is C23H22N4O2S. The van der Waals surface area contributed by atoms with Crippen molar-refractivity contribution in [3.8, 4) is 5.75 Å². The molecule has 0 radical (unpaired) electrons. The molecule has 30 heavy (non-hydrogen) atoms. The van der Waals surface area contributed by atoms with E-state index in [4.69, 9.17) is 4.74 Å². The summed E-state index contributed by atoms with van der Waals surface area (Å²) < 4.78 is 7.86. The molecule has 1 heterocycles. The Kier molecular flexibility index (Phi) is 5.99. The van der Waals surface area contributed by atoms with Crippen molar-refractivity contribution >= 4 is 34.1 Å². The van der Waals surface area contributed by atoms with E-state index < -0.39 is 0 Å². The molecule has 1 amide bonds. The third-order valence-corrected chi connectivity index (χ3v) is 5.72. The summed E-state index contributed by atoms with van der Waals surface area (Å²) in [6, 6.07) is 21.8. The SMILES string of the molecule is Cc1ccc(NC(=O)CSc2nnc(COc3cccc4ccccc34)n2C)cc1. The number of carbonyl (C=O) groups is 1. The van der Waals surface area contributed by atoms with Crippen LogP contribution in [-0.4, -0.2) is 26.4 Å². The zero-order chi connectivity index (χ0) is 20.9. The van der Waals surface area contributed by atoms with Crippen LogP contribution in [0.5, 0.6) is 5.75 Å². The molecule has 0 unspecified atom stereocenters. The molecule has 4 aromatic rings. The molecule has 6 nitrogen and oxygen atoms in total. The van der Waals surface area contributed by atoms with Crippen LogP contribution in [0.1, 0.15) is 11.4 Å². The van der Waals surface area contributed by atoms with E-state index in [-0.39, 0.29) is 11.7 Å². The Morgan fingerprint density at radius 3 is 2.63 bits per heavy atom. The normalized spacial score (nSPS) is 10.9. The standard InChI is InChI=1S/C23H22N4O2S/c1-16-10-12-18(13-11-16)24-22(28)15-30-23-26-25-21(27(23)2)14-29-20-9-5-7-17-6-3-4-8-19(17)20/h3-13H,14-15H2,1-2H3,(H,24,28). The fourth-order valence-electron chi connectivity index (χ4n) is 3.02. The number of fused-ring (bicyclic) bond motifs is 1. The summed E-state index contributed by atoms with van der Waals surface area (Å²) >= 11 is 1.34. The summed E-state index contributed by atoms with van der Waals surface area (Å²) in [6.07, 6.45) is 0. The fourth-order valence-corrected chi connectivity index (χ4v) is 3.75. The molecule has 0 aliphatic carbocycles. The Balaban J connectivity index is 1.35. The minimum atomic E-state index is -0.0830. The number of hydrogen-bond acceptors (Lipinski definition) is 5. The van der Waals surface area contributed by atoms with Gasteiger partial charge in [0.2, 0.25) is 5.91 Å². The van der Waals surface area contributed by atoms with Crippen LogP contribution >= 0.6 is 11.8 Å². The van der Waals surface area contributed by atoms with Gasteiger partial charge in [0, 0.05) is 18.1 Å². The lowest BCUT2D eigenvalue weighted by atomic mass is 10.1. The molecule has 1 N–H and O–H groups in total. The van der Waals surface area contributed by atoms with Crippen molar-refractivity contribution < 1.29 is 9.53 Å². The van der Waals surface area contributed by atoms with E-state index in [2.05, 4.69) is 27.6 Å². The quantitative estimate of drug-likeness (QED) is 0.445. The number of benzene rings is 3. The maximum absolute atomic E-state index is 12.2. The number of carbonyl (C=O) groups excluding carboxylic acids is 1. The number of anilines is 1. The highest BCUT2D eigenvalue weighted by Crippen LogP contribution is 2.26. The van der Waals surface area contributed by atoms with Gasteiger partial charge in [0.1, 0.15) is 12.4 Å². The maximum atomic E-state index is 12.2. The molecule has 0 aliphatic heterocycles. The van der Waals surface area contributed by atoms with Crippen LogP contribution in [0.25, 0.3) is 10.8 Å². The van der Waals surface area contributed by atoms with Gasteiger partial charge in [0.05, 0.1) is 5.75 Å². The van der Waals surface area contributed by atoms with E-state index in [0.29, 0.717) is 17.6 Å². The van der Waals surface area contributed by atoms with Gasteiger partial charge in [0.15, 0.2) is 11.0 Å². The molecular weight excluding hydrogens is 396 g/mol. The van der Waals surface area contributed by atoms with Gasteiger partial charge in [-0.15, -0.1) is 10.2 Å². The lowest BCUT2D eigenvalue weighted by Crippen LogP contribution is -2.14. The van der Waals surface area contributed by atoms with E-state index >= 15 is 0 Å². The molecule has 0 atom stereocenters. The highest BCUT2D eigenvalue weighted by atomic mass is 32.2. The zero-order valence-electron chi connectivity index (χ0n) is 16.8. The predicted molar refractivity (Wildman–Crippen MR) is 120 cm³/mol. The lowest BCUT2D eigenvalue weighted by Gasteiger charge is -2.09. The molecule has 0 saturated heterocycles. The molecule has 7 heteroatoms. The van der Waals surface area contributed by atoms with Crippen molar-refractivity contribution in [1.29, 1.82) is 0 Å². The van der Waals surface area contributed by atoms with Crippen LogP contribution in [-0.2, 0) is 18.4 Å². The van der Waals surface area contributed by atoms with Gasteiger partial charge in [-0.1, -0.05) is 65.9 Å². The Morgan fingerprint density at radius 2 is 1.80 bits per heavy atom. The van der Waals surface area contributed by atoms with Crippen LogP contribution in [0.4, 0.5) is 5.69 Å². The summed E-state index contributed by atoms with van der Waals surface area (Å²) in [5.41, 5.74) is 1.94. The van der Waals surface area contributed by atoms with Crippen LogP contribution < -0.4 is 10.1 Å². The monoisotopic (exact) mass is 418 g/mol. The fraction of sp³-hybridized carbons (Fsp3) is 0.174. The number of nitrogens with one attached hydrogen (secondary N) is 1. The van der Waals surface area contributed by atoms with E-state index in [1.807, 2.05) is 73.1 Å². The smallest absolute Gasteiger partial charge is 0.234 e. The average molecular weight is 419 g/mol.